The number of aliphatic hydroxyl groups is 1. The van der Waals surface area contributed by atoms with Crippen molar-refractivity contribution in [1.82, 2.24) is 9.55 Å². The van der Waals surface area contributed by atoms with Crippen LogP contribution in [-0.4, -0.2) is 39.1 Å². The molecular formula is C27H30N2O6. The first-order chi connectivity index (χ1) is 16.9. The third kappa shape index (κ3) is 4.27. The van der Waals surface area contributed by atoms with E-state index in [1.807, 2.05) is 67.6 Å². The summed E-state index contributed by atoms with van der Waals surface area (Å²) in [6, 6.07) is 19.6. The number of aromatic amines is 1. The Labute approximate surface area is 203 Å². The number of fused-ring (bicyclic) bond motifs is 2. The quantitative estimate of drug-likeness (QED) is 0.516. The second kappa shape index (κ2) is 9.54. The number of aliphatic hydroxyl groups excluding tert-OH is 1. The lowest BCUT2D eigenvalue weighted by Gasteiger charge is -2.38. The summed E-state index contributed by atoms with van der Waals surface area (Å²) in [5.41, 5.74) is 0.254. The van der Waals surface area contributed by atoms with Crippen LogP contribution < -0.4 is 11.2 Å². The lowest BCUT2D eigenvalue weighted by atomic mass is 9.92. The molecule has 1 aliphatic heterocycles. The molecule has 1 saturated heterocycles. The van der Waals surface area contributed by atoms with Crippen molar-refractivity contribution in [2.24, 2.45) is 11.8 Å². The standard InChI is InChI=1S/C27H30N2O6/c1-17-13-29(26(32)28-24(17)31)25-21-18(2)22(30)27(35-25,16-33-14-19-9-5-3-6-10-19)23(21)34-15-20-11-7-4-8-12-20/h3-13,18,21-23,25,30H,14-16H2,1-2H3,(H,28,31,32)/t18-,21+,22+,23-,25+,27-/m0/s1. The molecule has 2 bridgehead atoms. The van der Waals surface area contributed by atoms with Crippen LogP contribution >= 0.6 is 0 Å². The smallest absolute Gasteiger partial charge is 0.330 e. The highest BCUT2D eigenvalue weighted by atomic mass is 16.6. The van der Waals surface area contributed by atoms with E-state index in [9.17, 15) is 14.7 Å². The van der Waals surface area contributed by atoms with Gasteiger partial charge in [0.15, 0.2) is 0 Å². The Balaban J connectivity index is 1.47. The van der Waals surface area contributed by atoms with Crippen LogP contribution in [0.25, 0.3) is 0 Å². The van der Waals surface area contributed by atoms with Crippen molar-refractivity contribution in [3.63, 3.8) is 0 Å². The summed E-state index contributed by atoms with van der Waals surface area (Å²) in [6.45, 7) is 4.36. The van der Waals surface area contributed by atoms with Crippen LogP contribution in [-0.2, 0) is 27.4 Å². The summed E-state index contributed by atoms with van der Waals surface area (Å²) >= 11 is 0. The summed E-state index contributed by atoms with van der Waals surface area (Å²) in [5, 5.41) is 11.3. The van der Waals surface area contributed by atoms with Crippen molar-refractivity contribution < 1.29 is 19.3 Å². The summed E-state index contributed by atoms with van der Waals surface area (Å²) in [6.07, 6.45) is -0.566. The summed E-state index contributed by atoms with van der Waals surface area (Å²) in [5.74, 6) is -0.550. The van der Waals surface area contributed by atoms with Crippen molar-refractivity contribution in [2.45, 2.75) is 51.1 Å². The molecule has 0 spiro atoms. The zero-order valence-electron chi connectivity index (χ0n) is 19.8. The van der Waals surface area contributed by atoms with Crippen LogP contribution in [0, 0.1) is 18.8 Å². The minimum absolute atomic E-state index is 0.0942. The highest BCUT2D eigenvalue weighted by molar-refractivity contribution is 5.19. The highest BCUT2D eigenvalue weighted by Crippen LogP contribution is 2.57. The molecule has 1 aliphatic carbocycles. The maximum absolute atomic E-state index is 12.7. The number of nitrogens with one attached hydrogen (secondary N) is 1. The van der Waals surface area contributed by atoms with Gasteiger partial charge < -0.3 is 19.3 Å². The Hall–Kier alpha value is -3.04. The number of H-pyrrole nitrogens is 1. The molecule has 3 aromatic rings. The van der Waals surface area contributed by atoms with Crippen LogP contribution in [0.3, 0.4) is 0 Å². The van der Waals surface area contributed by atoms with Gasteiger partial charge in [0.05, 0.1) is 32.0 Å². The molecule has 184 valence electrons. The zero-order valence-corrected chi connectivity index (χ0v) is 19.8. The first-order valence-corrected chi connectivity index (χ1v) is 11.9. The molecule has 8 heteroatoms. The average Bonchev–Trinajstić information content (AvgIpc) is 3.28. The third-order valence-electron chi connectivity index (χ3n) is 7.24. The first kappa shape index (κ1) is 23.7. The molecule has 6 atom stereocenters. The van der Waals surface area contributed by atoms with Crippen LogP contribution in [0.5, 0.6) is 0 Å². The van der Waals surface area contributed by atoms with Crippen LogP contribution in [0.1, 0.15) is 29.8 Å². The molecule has 2 heterocycles. The van der Waals surface area contributed by atoms with Gasteiger partial charge in [-0.05, 0) is 24.0 Å². The zero-order chi connectivity index (χ0) is 24.6. The number of aryl methyl sites for hydroxylation is 1. The molecule has 1 aromatic heterocycles. The number of ether oxygens (including phenoxy) is 3. The highest BCUT2D eigenvalue weighted by Gasteiger charge is 2.69. The van der Waals surface area contributed by atoms with Crippen molar-refractivity contribution in [1.29, 1.82) is 0 Å². The predicted octanol–water partition coefficient (Wildman–Crippen LogP) is 2.54. The van der Waals surface area contributed by atoms with Crippen LogP contribution in [0.15, 0.2) is 76.4 Å². The van der Waals surface area contributed by atoms with E-state index in [0.29, 0.717) is 18.8 Å². The molecule has 8 nitrogen and oxygen atoms in total. The SMILES string of the molecule is Cc1cn([C@@H]2O[C@@]3(COCc4ccccc4)[C@H](O)[C@@H](C)[C@@H]2[C@@H]3OCc2ccccc2)c(=O)[nH]c1=O. The van der Waals surface area contributed by atoms with Gasteiger partial charge in [0.2, 0.25) is 0 Å². The van der Waals surface area contributed by atoms with E-state index >= 15 is 0 Å². The molecule has 0 radical (unpaired) electrons. The van der Waals surface area contributed by atoms with E-state index in [2.05, 4.69) is 4.98 Å². The van der Waals surface area contributed by atoms with Gasteiger partial charge in [-0.15, -0.1) is 0 Å². The Morgan fingerprint density at radius 1 is 1.03 bits per heavy atom. The van der Waals surface area contributed by atoms with Gasteiger partial charge in [-0.1, -0.05) is 67.6 Å². The number of hydrogen-bond donors (Lipinski definition) is 2. The second-order valence-electron chi connectivity index (χ2n) is 9.52. The second-order valence-corrected chi connectivity index (χ2v) is 9.52. The van der Waals surface area contributed by atoms with Gasteiger partial charge in [-0.3, -0.25) is 14.3 Å². The summed E-state index contributed by atoms with van der Waals surface area (Å²) < 4.78 is 20.4. The number of aromatic nitrogens is 2. The maximum atomic E-state index is 12.7. The number of benzene rings is 2. The largest absolute Gasteiger partial charge is 0.390 e. The van der Waals surface area contributed by atoms with E-state index in [1.54, 1.807) is 6.92 Å². The Morgan fingerprint density at radius 3 is 2.31 bits per heavy atom. The Bertz CT molecular complexity index is 1270. The topological polar surface area (TPSA) is 103 Å². The van der Waals surface area contributed by atoms with Gasteiger partial charge >= 0.3 is 5.69 Å². The van der Waals surface area contributed by atoms with Crippen molar-refractivity contribution in [3.8, 4) is 0 Å². The first-order valence-electron chi connectivity index (χ1n) is 11.9. The Morgan fingerprint density at radius 2 is 1.66 bits per heavy atom. The molecular weight excluding hydrogens is 448 g/mol. The van der Waals surface area contributed by atoms with Gasteiger partial charge in [-0.2, -0.15) is 0 Å². The van der Waals surface area contributed by atoms with Crippen molar-refractivity contribution >= 4 is 0 Å². The van der Waals surface area contributed by atoms with Gasteiger partial charge in [0.25, 0.3) is 5.56 Å². The number of hydrogen-bond acceptors (Lipinski definition) is 6. The summed E-state index contributed by atoms with van der Waals surface area (Å²) in [4.78, 5) is 27.0. The van der Waals surface area contributed by atoms with Crippen molar-refractivity contribution in [2.75, 3.05) is 6.61 Å². The molecule has 2 aliphatic rings. The predicted molar refractivity (Wildman–Crippen MR) is 129 cm³/mol. The fourth-order valence-corrected chi connectivity index (χ4v) is 5.41. The molecule has 2 fully saturated rings. The van der Waals surface area contributed by atoms with Crippen LogP contribution in [0.2, 0.25) is 0 Å². The van der Waals surface area contributed by atoms with E-state index in [0.717, 1.165) is 11.1 Å². The minimum Gasteiger partial charge on any atom is -0.390 e. The van der Waals surface area contributed by atoms with Gasteiger partial charge in [0.1, 0.15) is 11.8 Å². The molecule has 2 N–H and O–H groups in total. The average molecular weight is 479 g/mol. The van der Waals surface area contributed by atoms with Crippen molar-refractivity contribution in [3.05, 3.63) is 104 Å². The number of rotatable bonds is 8. The maximum Gasteiger partial charge on any atom is 0.330 e. The van der Waals surface area contributed by atoms with E-state index in [1.165, 1.54) is 10.8 Å². The monoisotopic (exact) mass is 478 g/mol. The van der Waals surface area contributed by atoms with E-state index in [-0.39, 0.29) is 18.4 Å². The lowest BCUT2D eigenvalue weighted by molar-refractivity contribution is -0.217. The molecule has 35 heavy (non-hydrogen) atoms. The molecule has 0 amide bonds. The van der Waals surface area contributed by atoms with Gasteiger partial charge in [-0.25, -0.2) is 4.79 Å². The van der Waals surface area contributed by atoms with Crippen LogP contribution in [0.4, 0.5) is 0 Å². The van der Waals surface area contributed by atoms with Gasteiger partial charge in [0, 0.05) is 17.7 Å². The summed E-state index contributed by atoms with van der Waals surface area (Å²) in [7, 11) is 0. The third-order valence-corrected chi connectivity index (χ3v) is 7.24. The fourth-order valence-electron chi connectivity index (χ4n) is 5.41. The van der Waals surface area contributed by atoms with E-state index < -0.39 is 35.3 Å². The normalized spacial score (nSPS) is 29.5. The van der Waals surface area contributed by atoms with E-state index in [4.69, 9.17) is 14.2 Å². The molecule has 5 rings (SSSR count). The molecule has 0 unspecified atom stereocenters. The molecule has 1 saturated carbocycles. The number of nitrogens with zero attached hydrogens (tertiary/aromatic N) is 1. The minimum atomic E-state index is -1.16. The Kier molecular flexibility index (Phi) is 6.46. The molecule has 2 aromatic carbocycles. The fraction of sp³-hybridized carbons (Fsp3) is 0.407. The lowest BCUT2D eigenvalue weighted by Crippen LogP contribution is -2.53.